The minimum atomic E-state index is -4.13. The van der Waals surface area contributed by atoms with Gasteiger partial charge >= 0.3 is 0 Å². The number of sulfonamides is 1. The Morgan fingerprint density at radius 3 is 2.50 bits per heavy atom. The van der Waals surface area contributed by atoms with Crippen molar-refractivity contribution >= 4 is 27.5 Å². The van der Waals surface area contributed by atoms with Gasteiger partial charge in [0.05, 0.1) is 17.5 Å². The first-order chi connectivity index (χ1) is 16.2. The maximum absolute atomic E-state index is 13.9. The summed E-state index contributed by atoms with van der Waals surface area (Å²) in [5.74, 6) is -2.43. The maximum Gasteiger partial charge on any atom is 0.243 e. The lowest BCUT2D eigenvalue weighted by Gasteiger charge is -2.31. The number of carbonyl (C=O) groups is 2. The average molecular weight is 496 g/mol. The monoisotopic (exact) mass is 495 g/mol. The molecule has 0 unspecified atom stereocenters. The summed E-state index contributed by atoms with van der Waals surface area (Å²) in [6, 6.07) is 8.26. The Bertz CT molecular complexity index is 1110. The first-order valence-corrected chi connectivity index (χ1v) is 12.4. The molecule has 0 saturated carbocycles. The number of nitrogens with one attached hydrogen (secondary N) is 2. The first-order valence-electron chi connectivity index (χ1n) is 10.9. The summed E-state index contributed by atoms with van der Waals surface area (Å²) in [6.07, 6.45) is 1.81. The van der Waals surface area contributed by atoms with Crippen molar-refractivity contribution in [3.8, 4) is 0 Å². The van der Waals surface area contributed by atoms with Gasteiger partial charge in [0.15, 0.2) is 0 Å². The molecule has 0 radical (unpaired) electrons. The second-order valence-electron chi connectivity index (χ2n) is 7.83. The molecule has 1 heterocycles. The number of benzene rings is 2. The van der Waals surface area contributed by atoms with Crippen LogP contribution in [0.3, 0.4) is 0 Å². The van der Waals surface area contributed by atoms with Gasteiger partial charge in [-0.3, -0.25) is 14.5 Å². The molecule has 1 aliphatic rings. The number of ether oxygens (including phenoxy) is 1. The Balaban J connectivity index is 1.79. The van der Waals surface area contributed by atoms with E-state index in [2.05, 4.69) is 10.0 Å². The normalized spacial score (nSPS) is 16.7. The second-order valence-corrected chi connectivity index (χ2v) is 9.59. The topological polar surface area (TPSA) is 105 Å². The van der Waals surface area contributed by atoms with E-state index in [4.69, 9.17) is 4.74 Å². The highest BCUT2D eigenvalue weighted by Crippen LogP contribution is 2.21. The van der Waals surface area contributed by atoms with Crippen LogP contribution in [-0.4, -0.2) is 52.1 Å². The van der Waals surface area contributed by atoms with Crippen LogP contribution in [0.4, 0.5) is 14.5 Å². The van der Waals surface area contributed by atoms with Gasteiger partial charge in [0.25, 0.3) is 0 Å². The highest BCUT2D eigenvalue weighted by molar-refractivity contribution is 7.89. The molecule has 34 heavy (non-hydrogen) atoms. The van der Waals surface area contributed by atoms with Crippen LogP contribution in [0.15, 0.2) is 53.4 Å². The molecule has 0 aromatic heterocycles. The Labute approximate surface area is 197 Å². The quantitative estimate of drug-likeness (QED) is 0.527. The van der Waals surface area contributed by atoms with E-state index in [1.54, 1.807) is 6.92 Å². The molecule has 2 atom stereocenters. The van der Waals surface area contributed by atoms with E-state index < -0.39 is 46.1 Å². The lowest BCUT2D eigenvalue weighted by atomic mass is 10.1. The van der Waals surface area contributed by atoms with Gasteiger partial charge in [-0.05, 0) is 61.7 Å². The largest absolute Gasteiger partial charge is 0.376 e. The number of hydrogen-bond donors (Lipinski definition) is 2. The molecular weight excluding hydrogens is 468 g/mol. The van der Waals surface area contributed by atoms with E-state index in [0.717, 1.165) is 48.1 Å². The molecule has 0 aliphatic carbocycles. The van der Waals surface area contributed by atoms with Gasteiger partial charge in [0.2, 0.25) is 21.8 Å². The van der Waals surface area contributed by atoms with Crippen LogP contribution < -0.4 is 14.9 Å². The van der Waals surface area contributed by atoms with E-state index in [-0.39, 0.29) is 29.7 Å². The summed E-state index contributed by atoms with van der Waals surface area (Å²) >= 11 is 0. The van der Waals surface area contributed by atoms with E-state index >= 15 is 0 Å². The zero-order chi connectivity index (χ0) is 24.7. The Morgan fingerprint density at radius 2 is 1.88 bits per heavy atom. The standard InChI is InChI=1S/C23H27F2N3O5S/c1-2-21(23(30)26-14-19-7-4-12-33-19)28(18-6-3-5-17(25)13-18)22(29)15-27-34(31,32)20-10-8-16(24)9-11-20/h3,5-6,8-11,13,19,21,27H,2,4,7,12,14-15H2,1H3,(H,26,30)/t19-,21+/m1/s1. The summed E-state index contributed by atoms with van der Waals surface area (Å²) in [6.45, 7) is 1.90. The number of nitrogens with zero attached hydrogens (tertiary/aromatic N) is 1. The SMILES string of the molecule is CC[C@@H](C(=O)NC[C@H]1CCCO1)N(C(=O)CNS(=O)(=O)c1ccc(F)cc1)c1cccc(F)c1. The highest BCUT2D eigenvalue weighted by atomic mass is 32.2. The van der Waals surface area contributed by atoms with Gasteiger partial charge < -0.3 is 10.1 Å². The maximum atomic E-state index is 13.9. The number of carbonyl (C=O) groups excluding carboxylic acids is 2. The van der Waals surface area contributed by atoms with Crippen LogP contribution in [0.2, 0.25) is 0 Å². The van der Waals surface area contributed by atoms with Crippen molar-refractivity contribution in [2.45, 2.75) is 43.2 Å². The van der Waals surface area contributed by atoms with E-state index in [0.29, 0.717) is 6.61 Å². The second kappa shape index (κ2) is 11.5. The minimum absolute atomic E-state index is 0.109. The van der Waals surface area contributed by atoms with Crippen molar-refractivity contribution in [3.63, 3.8) is 0 Å². The zero-order valence-electron chi connectivity index (χ0n) is 18.7. The molecule has 1 aliphatic heterocycles. The summed E-state index contributed by atoms with van der Waals surface area (Å²) in [5.41, 5.74) is 0.116. The van der Waals surface area contributed by atoms with Crippen LogP contribution in [0, 0.1) is 11.6 Å². The average Bonchev–Trinajstić information content (AvgIpc) is 3.33. The molecule has 184 valence electrons. The molecule has 2 amide bonds. The van der Waals surface area contributed by atoms with Gasteiger partial charge in [0, 0.05) is 18.8 Å². The molecule has 1 fully saturated rings. The predicted octanol–water partition coefficient (Wildman–Crippen LogP) is 2.35. The lowest BCUT2D eigenvalue weighted by molar-refractivity contribution is -0.126. The third kappa shape index (κ3) is 6.58. The van der Waals surface area contributed by atoms with Crippen molar-refractivity contribution in [2.24, 2.45) is 0 Å². The van der Waals surface area contributed by atoms with E-state index in [1.165, 1.54) is 18.2 Å². The van der Waals surface area contributed by atoms with E-state index in [1.807, 2.05) is 0 Å². The molecule has 2 aromatic carbocycles. The van der Waals surface area contributed by atoms with Gasteiger partial charge in [-0.15, -0.1) is 0 Å². The van der Waals surface area contributed by atoms with Crippen LogP contribution in [-0.2, 0) is 24.3 Å². The van der Waals surface area contributed by atoms with Crippen LogP contribution >= 0.6 is 0 Å². The Kier molecular flexibility index (Phi) is 8.70. The summed E-state index contributed by atoms with van der Waals surface area (Å²) < 4.78 is 59.8. The van der Waals surface area contributed by atoms with Crippen LogP contribution in [0.5, 0.6) is 0 Å². The fraction of sp³-hybridized carbons (Fsp3) is 0.391. The Morgan fingerprint density at radius 1 is 1.15 bits per heavy atom. The molecule has 0 bridgehead atoms. The molecular formula is C23H27F2N3O5S. The molecule has 0 spiro atoms. The van der Waals surface area contributed by atoms with E-state index in [9.17, 15) is 26.8 Å². The smallest absolute Gasteiger partial charge is 0.243 e. The summed E-state index contributed by atoms with van der Waals surface area (Å²) in [4.78, 5) is 27.0. The van der Waals surface area contributed by atoms with Crippen LogP contribution in [0.25, 0.3) is 0 Å². The van der Waals surface area contributed by atoms with Crippen molar-refractivity contribution < 1.29 is 31.5 Å². The molecule has 3 rings (SSSR count). The molecule has 2 N–H and O–H groups in total. The van der Waals surface area contributed by atoms with Crippen molar-refractivity contribution in [3.05, 3.63) is 60.2 Å². The first kappa shape index (κ1) is 25.7. The molecule has 11 heteroatoms. The van der Waals surface area contributed by atoms with Crippen molar-refractivity contribution in [1.82, 2.24) is 10.0 Å². The molecule has 2 aromatic rings. The lowest BCUT2D eigenvalue weighted by Crippen LogP contribution is -2.53. The Hall–Kier alpha value is -2.89. The van der Waals surface area contributed by atoms with Gasteiger partial charge in [-0.1, -0.05) is 13.0 Å². The fourth-order valence-electron chi connectivity index (χ4n) is 3.69. The number of hydrogen-bond acceptors (Lipinski definition) is 5. The molecule has 1 saturated heterocycles. The number of anilines is 1. The molecule has 8 nitrogen and oxygen atoms in total. The summed E-state index contributed by atoms with van der Waals surface area (Å²) in [7, 11) is -4.13. The third-order valence-electron chi connectivity index (χ3n) is 5.42. The third-order valence-corrected chi connectivity index (χ3v) is 6.84. The number of rotatable bonds is 10. The fourth-order valence-corrected chi connectivity index (χ4v) is 4.66. The van der Waals surface area contributed by atoms with Gasteiger partial charge in [-0.25, -0.2) is 21.9 Å². The van der Waals surface area contributed by atoms with Crippen molar-refractivity contribution in [1.29, 1.82) is 0 Å². The van der Waals surface area contributed by atoms with Gasteiger partial charge in [0.1, 0.15) is 17.7 Å². The number of halogens is 2. The predicted molar refractivity (Wildman–Crippen MR) is 122 cm³/mol. The van der Waals surface area contributed by atoms with Crippen molar-refractivity contribution in [2.75, 3.05) is 24.6 Å². The summed E-state index contributed by atoms with van der Waals surface area (Å²) in [5, 5.41) is 2.77. The van der Waals surface area contributed by atoms with Crippen LogP contribution in [0.1, 0.15) is 26.2 Å². The zero-order valence-corrected chi connectivity index (χ0v) is 19.5. The van der Waals surface area contributed by atoms with Gasteiger partial charge in [-0.2, -0.15) is 0 Å². The minimum Gasteiger partial charge on any atom is -0.376 e. The number of amides is 2. The highest BCUT2D eigenvalue weighted by Gasteiger charge is 2.31.